The molecule has 0 bridgehead atoms. The molecule has 0 spiro atoms. The average Bonchev–Trinajstić information content (AvgIpc) is 2.83. The lowest BCUT2D eigenvalue weighted by Gasteiger charge is -2.28. The molecule has 19 heavy (non-hydrogen) atoms. The molecule has 3 unspecified atom stereocenters. The van der Waals surface area contributed by atoms with Gasteiger partial charge in [0.1, 0.15) is 0 Å². The minimum absolute atomic E-state index is 0.173. The minimum atomic E-state index is -0.896. The Balaban J connectivity index is 1.91. The largest absolute Gasteiger partial charge is 0.481 e. The summed E-state index contributed by atoms with van der Waals surface area (Å²) in [5, 5.41) is 12.0. The van der Waals surface area contributed by atoms with E-state index in [1.54, 1.807) is 0 Å². The van der Waals surface area contributed by atoms with Crippen LogP contribution in [-0.2, 0) is 14.3 Å². The van der Waals surface area contributed by atoms with Gasteiger partial charge in [0.15, 0.2) is 0 Å². The molecule has 2 N–H and O–H groups in total. The Kier molecular flexibility index (Phi) is 4.24. The maximum absolute atomic E-state index is 12.1. The molecule has 1 aliphatic heterocycles. The summed E-state index contributed by atoms with van der Waals surface area (Å²) in [6.45, 7) is 3.17. The minimum Gasteiger partial charge on any atom is -0.481 e. The molecule has 0 saturated carbocycles. The highest BCUT2D eigenvalue weighted by Crippen LogP contribution is 2.27. The topological polar surface area (TPSA) is 75.6 Å². The Labute approximate surface area is 113 Å². The molecule has 1 saturated heterocycles. The zero-order chi connectivity index (χ0) is 13.9. The molecule has 1 heterocycles. The fourth-order valence-corrected chi connectivity index (χ4v) is 2.76. The van der Waals surface area contributed by atoms with E-state index in [1.165, 1.54) is 0 Å². The first kappa shape index (κ1) is 14.1. The van der Waals surface area contributed by atoms with Crippen LogP contribution in [0.25, 0.3) is 0 Å². The molecule has 0 aromatic rings. The van der Waals surface area contributed by atoms with Gasteiger partial charge in [-0.2, -0.15) is 0 Å². The van der Waals surface area contributed by atoms with Gasteiger partial charge in [-0.25, -0.2) is 0 Å². The van der Waals surface area contributed by atoms with Gasteiger partial charge in [-0.1, -0.05) is 12.2 Å². The van der Waals surface area contributed by atoms with Crippen LogP contribution in [0.1, 0.15) is 32.6 Å². The van der Waals surface area contributed by atoms with Crippen LogP contribution in [0.5, 0.6) is 0 Å². The second-order valence-electron chi connectivity index (χ2n) is 5.61. The molecule has 0 aromatic heterocycles. The Morgan fingerprint density at radius 1 is 1.37 bits per heavy atom. The van der Waals surface area contributed by atoms with E-state index >= 15 is 0 Å². The number of amides is 1. The maximum Gasteiger partial charge on any atom is 0.307 e. The van der Waals surface area contributed by atoms with E-state index in [0.717, 1.165) is 19.4 Å². The predicted octanol–water partition coefficient (Wildman–Crippen LogP) is 1.34. The fraction of sp³-hybridized carbons (Fsp3) is 0.714. The maximum atomic E-state index is 12.1. The van der Waals surface area contributed by atoms with Crippen molar-refractivity contribution in [3.8, 4) is 0 Å². The lowest BCUT2D eigenvalue weighted by molar-refractivity contribution is -0.147. The molecule has 0 aromatic carbocycles. The molecule has 2 aliphatic rings. The van der Waals surface area contributed by atoms with E-state index in [0.29, 0.717) is 19.4 Å². The van der Waals surface area contributed by atoms with Gasteiger partial charge in [0.05, 0.1) is 17.4 Å². The number of hydrogen-bond donors (Lipinski definition) is 2. The first-order valence-corrected chi connectivity index (χ1v) is 6.81. The van der Waals surface area contributed by atoms with Crippen molar-refractivity contribution in [3.63, 3.8) is 0 Å². The molecular weight excluding hydrogens is 246 g/mol. The van der Waals surface area contributed by atoms with Crippen molar-refractivity contribution in [1.82, 2.24) is 5.32 Å². The standard InChI is InChI=1S/C14H21NO4/c1-14(7-4-8-19-14)9-15-12(16)10-5-2-3-6-11(10)13(17)18/h2-3,10-11H,4-9H2,1H3,(H,15,16)(H,17,18). The third-order valence-electron chi connectivity index (χ3n) is 4.02. The lowest BCUT2D eigenvalue weighted by atomic mass is 9.82. The van der Waals surface area contributed by atoms with Gasteiger partial charge in [-0.05, 0) is 32.6 Å². The summed E-state index contributed by atoms with van der Waals surface area (Å²) in [4.78, 5) is 23.3. The monoisotopic (exact) mass is 267 g/mol. The van der Waals surface area contributed by atoms with E-state index < -0.39 is 17.8 Å². The summed E-state index contributed by atoms with van der Waals surface area (Å²) in [7, 11) is 0. The summed E-state index contributed by atoms with van der Waals surface area (Å²) in [5.74, 6) is -2.14. The quantitative estimate of drug-likeness (QED) is 0.754. The molecular formula is C14H21NO4. The number of carbonyl (C=O) groups excluding carboxylic acids is 1. The Morgan fingerprint density at radius 2 is 2.05 bits per heavy atom. The van der Waals surface area contributed by atoms with E-state index in [-0.39, 0.29) is 11.5 Å². The number of aliphatic carboxylic acids is 1. The second-order valence-corrected chi connectivity index (χ2v) is 5.61. The summed E-state index contributed by atoms with van der Waals surface area (Å²) in [6.07, 6.45) is 6.60. The number of ether oxygens (including phenoxy) is 1. The molecule has 1 fully saturated rings. The highest BCUT2D eigenvalue weighted by molar-refractivity contribution is 5.85. The first-order valence-electron chi connectivity index (χ1n) is 6.81. The van der Waals surface area contributed by atoms with Crippen molar-refractivity contribution >= 4 is 11.9 Å². The zero-order valence-corrected chi connectivity index (χ0v) is 11.2. The smallest absolute Gasteiger partial charge is 0.307 e. The van der Waals surface area contributed by atoms with Crippen LogP contribution in [0.4, 0.5) is 0 Å². The van der Waals surface area contributed by atoms with Crippen LogP contribution in [0.3, 0.4) is 0 Å². The van der Waals surface area contributed by atoms with Crippen molar-refractivity contribution in [1.29, 1.82) is 0 Å². The number of nitrogens with one attached hydrogen (secondary N) is 1. The lowest BCUT2D eigenvalue weighted by Crippen LogP contribution is -2.45. The number of carbonyl (C=O) groups is 2. The molecule has 5 heteroatoms. The SMILES string of the molecule is CC1(CNC(=O)C2CC=CCC2C(=O)O)CCCO1. The van der Waals surface area contributed by atoms with Gasteiger partial charge in [0.25, 0.3) is 0 Å². The highest BCUT2D eigenvalue weighted by Gasteiger charge is 2.36. The summed E-state index contributed by atoms with van der Waals surface area (Å²) in [6, 6.07) is 0. The summed E-state index contributed by atoms with van der Waals surface area (Å²) in [5.41, 5.74) is -0.293. The Hall–Kier alpha value is -1.36. The van der Waals surface area contributed by atoms with Crippen molar-refractivity contribution in [2.45, 2.75) is 38.2 Å². The number of carboxylic acid groups (broad SMARTS) is 1. The number of hydrogen-bond acceptors (Lipinski definition) is 3. The van der Waals surface area contributed by atoms with Gasteiger partial charge < -0.3 is 15.2 Å². The van der Waals surface area contributed by atoms with Crippen molar-refractivity contribution in [3.05, 3.63) is 12.2 Å². The van der Waals surface area contributed by atoms with E-state index in [1.807, 2.05) is 19.1 Å². The molecule has 5 nitrogen and oxygen atoms in total. The number of allylic oxidation sites excluding steroid dienone is 2. The van der Waals surface area contributed by atoms with E-state index in [9.17, 15) is 9.59 Å². The normalized spacial score (nSPS) is 34.2. The number of rotatable bonds is 4. The van der Waals surface area contributed by atoms with Gasteiger partial charge in [0.2, 0.25) is 5.91 Å². The third-order valence-corrected chi connectivity index (χ3v) is 4.02. The first-order chi connectivity index (χ1) is 9.02. The van der Waals surface area contributed by atoms with Gasteiger partial charge in [-0.3, -0.25) is 9.59 Å². The Morgan fingerprint density at radius 3 is 2.63 bits per heavy atom. The second kappa shape index (κ2) is 5.74. The van der Waals surface area contributed by atoms with Crippen molar-refractivity contribution in [2.24, 2.45) is 11.8 Å². The van der Waals surface area contributed by atoms with Gasteiger partial charge in [-0.15, -0.1) is 0 Å². The van der Waals surface area contributed by atoms with Crippen LogP contribution < -0.4 is 5.32 Å². The van der Waals surface area contributed by atoms with Crippen LogP contribution in [-0.4, -0.2) is 35.7 Å². The molecule has 2 rings (SSSR count). The third kappa shape index (κ3) is 3.35. The Bertz CT molecular complexity index is 385. The van der Waals surface area contributed by atoms with Crippen LogP contribution >= 0.6 is 0 Å². The predicted molar refractivity (Wildman–Crippen MR) is 69.6 cm³/mol. The molecule has 3 atom stereocenters. The summed E-state index contributed by atoms with van der Waals surface area (Å²) < 4.78 is 5.61. The van der Waals surface area contributed by atoms with Gasteiger partial charge >= 0.3 is 5.97 Å². The molecule has 106 valence electrons. The van der Waals surface area contributed by atoms with E-state index in [4.69, 9.17) is 9.84 Å². The highest BCUT2D eigenvalue weighted by atomic mass is 16.5. The van der Waals surface area contributed by atoms with E-state index in [2.05, 4.69) is 5.32 Å². The molecule has 1 amide bonds. The van der Waals surface area contributed by atoms with Crippen LogP contribution in [0.2, 0.25) is 0 Å². The molecule has 1 aliphatic carbocycles. The van der Waals surface area contributed by atoms with Crippen molar-refractivity contribution in [2.75, 3.05) is 13.2 Å². The molecule has 0 radical (unpaired) electrons. The van der Waals surface area contributed by atoms with Crippen LogP contribution in [0, 0.1) is 11.8 Å². The fourth-order valence-electron chi connectivity index (χ4n) is 2.76. The zero-order valence-electron chi connectivity index (χ0n) is 11.2. The van der Waals surface area contributed by atoms with Crippen LogP contribution in [0.15, 0.2) is 12.2 Å². The number of carboxylic acids is 1. The summed E-state index contributed by atoms with van der Waals surface area (Å²) >= 11 is 0. The van der Waals surface area contributed by atoms with Crippen molar-refractivity contribution < 1.29 is 19.4 Å². The van der Waals surface area contributed by atoms with Gasteiger partial charge in [0, 0.05) is 13.2 Å². The average molecular weight is 267 g/mol.